The highest BCUT2D eigenvalue weighted by molar-refractivity contribution is 5.96. The summed E-state index contributed by atoms with van der Waals surface area (Å²) in [6, 6.07) is 12.7. The van der Waals surface area contributed by atoms with Crippen molar-refractivity contribution in [2.75, 3.05) is 32.1 Å². The normalized spacial score (nSPS) is 16.0. The average molecular weight is 479 g/mol. The number of ether oxygens (including phenoxy) is 2. The van der Waals surface area contributed by atoms with Gasteiger partial charge < -0.3 is 19.3 Å². The second-order valence-corrected chi connectivity index (χ2v) is 8.55. The molecule has 1 amide bonds. The van der Waals surface area contributed by atoms with Crippen LogP contribution in [-0.2, 0) is 16.1 Å². The lowest BCUT2D eigenvalue weighted by Gasteiger charge is -2.31. The summed E-state index contributed by atoms with van der Waals surface area (Å²) in [7, 11) is 1.62. The summed E-state index contributed by atoms with van der Waals surface area (Å²) in [5.41, 5.74) is 2.77. The maximum Gasteiger partial charge on any atom is 0.338 e. The zero-order chi connectivity index (χ0) is 24.8. The lowest BCUT2D eigenvalue weighted by Crippen LogP contribution is -2.40. The number of carbonyl (C=O) groups excluding carboxylic acids is 2. The molecule has 1 aromatic heterocycles. The van der Waals surface area contributed by atoms with E-state index in [1.165, 1.54) is 0 Å². The first-order chi connectivity index (χ1) is 17.0. The summed E-state index contributed by atoms with van der Waals surface area (Å²) in [6.45, 7) is 5.87. The summed E-state index contributed by atoms with van der Waals surface area (Å²) < 4.78 is 15.7. The number of piperidine rings is 1. The van der Waals surface area contributed by atoms with Crippen molar-refractivity contribution in [1.29, 1.82) is 0 Å². The van der Waals surface area contributed by atoms with Gasteiger partial charge >= 0.3 is 5.97 Å². The largest absolute Gasteiger partial charge is 0.497 e. The van der Waals surface area contributed by atoms with Gasteiger partial charge in [0.2, 0.25) is 17.6 Å². The van der Waals surface area contributed by atoms with Crippen LogP contribution in [0.3, 0.4) is 0 Å². The number of likely N-dealkylation sites (tertiary alicyclic amines) is 1. The Bertz CT molecular complexity index is 1170. The minimum atomic E-state index is -0.402. The van der Waals surface area contributed by atoms with Gasteiger partial charge in [0, 0.05) is 17.8 Å². The maximum absolute atomic E-state index is 13.1. The number of aryl methyl sites for hydroxylation is 1. The van der Waals surface area contributed by atoms with E-state index in [2.05, 4.69) is 20.4 Å². The Labute approximate surface area is 204 Å². The molecule has 4 rings (SSSR count). The first-order valence-corrected chi connectivity index (χ1v) is 11.7. The molecular weight excluding hydrogens is 448 g/mol. The van der Waals surface area contributed by atoms with Crippen molar-refractivity contribution >= 4 is 17.6 Å². The summed E-state index contributed by atoms with van der Waals surface area (Å²) in [5.74, 6) is 1.14. The summed E-state index contributed by atoms with van der Waals surface area (Å²) in [4.78, 5) is 31.8. The topological polar surface area (TPSA) is 107 Å². The number of amides is 1. The van der Waals surface area contributed by atoms with Crippen molar-refractivity contribution in [3.05, 3.63) is 59.5 Å². The van der Waals surface area contributed by atoms with Gasteiger partial charge in [-0.2, -0.15) is 4.98 Å². The number of hydrogen-bond acceptors (Lipinski definition) is 8. The van der Waals surface area contributed by atoms with Crippen molar-refractivity contribution in [1.82, 2.24) is 15.0 Å². The molecule has 1 N–H and O–H groups in total. The van der Waals surface area contributed by atoms with Gasteiger partial charge in [-0.05, 0) is 75.2 Å². The molecule has 1 fully saturated rings. The Balaban J connectivity index is 1.37. The molecule has 9 heteroatoms. The molecular formula is C26H30N4O5. The fraction of sp³-hybridized carbons (Fsp3) is 0.385. The molecule has 0 spiro atoms. The Morgan fingerprint density at radius 2 is 2.00 bits per heavy atom. The van der Waals surface area contributed by atoms with Gasteiger partial charge in [0.15, 0.2) is 0 Å². The molecule has 0 aliphatic carbocycles. The third-order valence-corrected chi connectivity index (χ3v) is 6.06. The van der Waals surface area contributed by atoms with E-state index in [4.69, 9.17) is 14.0 Å². The molecule has 0 saturated carbocycles. The number of carbonyl (C=O) groups is 2. The van der Waals surface area contributed by atoms with E-state index < -0.39 is 5.97 Å². The molecule has 2 heterocycles. The van der Waals surface area contributed by atoms with Gasteiger partial charge in [0.25, 0.3) is 0 Å². The molecule has 0 radical (unpaired) electrons. The summed E-state index contributed by atoms with van der Waals surface area (Å²) in [5, 5.41) is 7.09. The Kier molecular flexibility index (Phi) is 7.77. The molecule has 2 aromatic carbocycles. The van der Waals surface area contributed by atoms with Crippen LogP contribution < -0.4 is 10.1 Å². The lowest BCUT2D eigenvalue weighted by molar-refractivity contribution is -0.121. The standard InChI is InChI=1S/C26H30N4O5/c1-4-34-26(32)19-8-7-17(2)22(14-19)27-25(31)20-6-5-13-30(15-20)16-23-28-24(29-35-23)18-9-11-21(33-3)12-10-18/h7-12,14,20H,4-6,13,15-16H2,1-3H3,(H,27,31). The highest BCUT2D eigenvalue weighted by Gasteiger charge is 2.27. The van der Waals surface area contributed by atoms with E-state index in [9.17, 15) is 9.59 Å². The molecule has 1 atom stereocenters. The van der Waals surface area contributed by atoms with Crippen LogP contribution in [0, 0.1) is 12.8 Å². The predicted octanol–water partition coefficient (Wildman–Crippen LogP) is 4.08. The number of hydrogen-bond donors (Lipinski definition) is 1. The Morgan fingerprint density at radius 3 is 2.74 bits per heavy atom. The molecule has 1 unspecified atom stereocenters. The maximum atomic E-state index is 13.1. The molecule has 9 nitrogen and oxygen atoms in total. The van der Waals surface area contributed by atoms with Crippen LogP contribution in [0.15, 0.2) is 47.0 Å². The Hall–Kier alpha value is -3.72. The Morgan fingerprint density at radius 1 is 1.20 bits per heavy atom. The smallest absolute Gasteiger partial charge is 0.338 e. The predicted molar refractivity (Wildman–Crippen MR) is 130 cm³/mol. The van der Waals surface area contributed by atoms with E-state index in [0.717, 1.165) is 36.3 Å². The average Bonchev–Trinajstić information content (AvgIpc) is 3.34. The van der Waals surface area contributed by atoms with E-state index >= 15 is 0 Å². The van der Waals surface area contributed by atoms with Gasteiger partial charge in [-0.25, -0.2) is 4.79 Å². The summed E-state index contributed by atoms with van der Waals surface area (Å²) >= 11 is 0. The quantitative estimate of drug-likeness (QED) is 0.483. The van der Waals surface area contributed by atoms with Crippen LogP contribution in [0.5, 0.6) is 5.75 Å². The fourth-order valence-electron chi connectivity index (χ4n) is 4.11. The molecule has 184 valence electrons. The molecule has 0 bridgehead atoms. The van der Waals surface area contributed by atoms with Gasteiger partial charge in [-0.3, -0.25) is 9.69 Å². The zero-order valence-electron chi connectivity index (χ0n) is 20.2. The van der Waals surface area contributed by atoms with Gasteiger partial charge in [-0.1, -0.05) is 11.2 Å². The number of aromatic nitrogens is 2. The SMILES string of the molecule is CCOC(=O)c1ccc(C)c(NC(=O)C2CCCN(Cc3nc(-c4ccc(OC)cc4)no3)C2)c1. The second-order valence-electron chi connectivity index (χ2n) is 8.55. The molecule has 35 heavy (non-hydrogen) atoms. The van der Waals surface area contributed by atoms with E-state index in [1.54, 1.807) is 26.2 Å². The zero-order valence-corrected chi connectivity index (χ0v) is 20.2. The monoisotopic (exact) mass is 478 g/mol. The molecule has 1 aliphatic heterocycles. The van der Waals surface area contributed by atoms with Crippen molar-refractivity contribution in [2.45, 2.75) is 33.2 Å². The van der Waals surface area contributed by atoms with Crippen LogP contribution in [0.25, 0.3) is 11.4 Å². The van der Waals surface area contributed by atoms with E-state index in [-0.39, 0.29) is 11.8 Å². The van der Waals surface area contributed by atoms with Crippen molar-refractivity contribution in [3.63, 3.8) is 0 Å². The van der Waals surface area contributed by atoms with Crippen LogP contribution in [0.4, 0.5) is 5.69 Å². The van der Waals surface area contributed by atoms with Crippen molar-refractivity contribution in [2.24, 2.45) is 5.92 Å². The van der Waals surface area contributed by atoms with Crippen LogP contribution in [0.2, 0.25) is 0 Å². The first-order valence-electron chi connectivity index (χ1n) is 11.7. The van der Waals surface area contributed by atoms with Gasteiger partial charge in [0.05, 0.1) is 31.7 Å². The van der Waals surface area contributed by atoms with Gasteiger partial charge in [-0.15, -0.1) is 0 Å². The second kappa shape index (κ2) is 11.1. The van der Waals surface area contributed by atoms with E-state index in [0.29, 0.717) is 42.7 Å². The van der Waals surface area contributed by atoms with Crippen LogP contribution in [0.1, 0.15) is 41.6 Å². The number of nitrogens with one attached hydrogen (secondary N) is 1. The molecule has 3 aromatic rings. The van der Waals surface area contributed by atoms with Gasteiger partial charge in [0.1, 0.15) is 5.75 Å². The summed E-state index contributed by atoms with van der Waals surface area (Å²) in [6.07, 6.45) is 1.68. The number of rotatable bonds is 8. The van der Waals surface area contributed by atoms with Crippen molar-refractivity contribution in [3.8, 4) is 17.1 Å². The minimum absolute atomic E-state index is 0.0664. The fourth-order valence-corrected chi connectivity index (χ4v) is 4.11. The highest BCUT2D eigenvalue weighted by atomic mass is 16.5. The lowest BCUT2D eigenvalue weighted by atomic mass is 9.96. The number of nitrogens with zero attached hydrogens (tertiary/aromatic N) is 3. The first kappa shape index (κ1) is 24.4. The number of anilines is 1. The highest BCUT2D eigenvalue weighted by Crippen LogP contribution is 2.24. The molecule has 1 saturated heterocycles. The van der Waals surface area contributed by atoms with Crippen molar-refractivity contribution < 1.29 is 23.6 Å². The number of methoxy groups -OCH3 is 1. The number of esters is 1. The molecule has 1 aliphatic rings. The third-order valence-electron chi connectivity index (χ3n) is 6.06. The third kappa shape index (κ3) is 6.05. The minimum Gasteiger partial charge on any atom is -0.497 e. The van der Waals surface area contributed by atoms with E-state index in [1.807, 2.05) is 37.3 Å². The van der Waals surface area contributed by atoms with Crippen LogP contribution in [-0.4, -0.2) is 53.7 Å². The van der Waals surface area contributed by atoms with Crippen LogP contribution >= 0.6 is 0 Å². The number of benzene rings is 2.